The van der Waals surface area contributed by atoms with Gasteiger partial charge >= 0.3 is 0 Å². The van der Waals surface area contributed by atoms with Crippen molar-refractivity contribution in [3.05, 3.63) is 35.9 Å². The molecule has 1 saturated heterocycles. The summed E-state index contributed by atoms with van der Waals surface area (Å²) in [7, 11) is 0. The summed E-state index contributed by atoms with van der Waals surface area (Å²) in [5.74, 6) is 0. The predicted molar refractivity (Wildman–Crippen MR) is 70.2 cm³/mol. The Labute approximate surface area is 109 Å². The van der Waals surface area contributed by atoms with Gasteiger partial charge in [-0.05, 0) is 31.7 Å². The maximum atomic E-state index is 5.62. The van der Waals surface area contributed by atoms with Crippen LogP contribution in [0.3, 0.4) is 0 Å². The van der Waals surface area contributed by atoms with Gasteiger partial charge in [-0.3, -0.25) is 0 Å². The Morgan fingerprint density at radius 2 is 2.17 bits per heavy atom. The third-order valence-corrected chi connectivity index (χ3v) is 3.17. The molecule has 100 valence electrons. The van der Waals surface area contributed by atoms with E-state index in [0.717, 1.165) is 13.0 Å². The van der Waals surface area contributed by atoms with Gasteiger partial charge in [-0.1, -0.05) is 30.3 Å². The van der Waals surface area contributed by atoms with Crippen molar-refractivity contribution in [1.29, 1.82) is 0 Å². The minimum Gasteiger partial charge on any atom is -0.378 e. The van der Waals surface area contributed by atoms with Gasteiger partial charge in [-0.2, -0.15) is 0 Å². The lowest BCUT2D eigenvalue weighted by Crippen LogP contribution is -2.18. The highest BCUT2D eigenvalue weighted by Gasteiger charge is 2.18. The zero-order chi connectivity index (χ0) is 12.6. The second-order valence-electron chi connectivity index (χ2n) is 4.80. The molecule has 0 amide bonds. The van der Waals surface area contributed by atoms with E-state index in [9.17, 15) is 0 Å². The summed E-state index contributed by atoms with van der Waals surface area (Å²) in [6, 6.07) is 10.1. The van der Waals surface area contributed by atoms with Gasteiger partial charge in [-0.15, -0.1) is 0 Å². The van der Waals surface area contributed by atoms with Crippen LogP contribution in [0.4, 0.5) is 0 Å². The molecule has 0 aromatic heterocycles. The topological polar surface area (TPSA) is 27.7 Å². The molecule has 0 saturated carbocycles. The van der Waals surface area contributed by atoms with Crippen molar-refractivity contribution in [3.8, 4) is 0 Å². The number of ether oxygens (including phenoxy) is 3. The average molecular weight is 250 g/mol. The van der Waals surface area contributed by atoms with Crippen LogP contribution < -0.4 is 0 Å². The Hall–Kier alpha value is -0.900. The second-order valence-corrected chi connectivity index (χ2v) is 4.80. The minimum absolute atomic E-state index is 0.198. The lowest BCUT2D eigenvalue weighted by Gasteiger charge is -2.16. The molecule has 0 spiro atoms. The highest BCUT2D eigenvalue weighted by atomic mass is 16.7. The maximum absolute atomic E-state index is 5.62. The van der Waals surface area contributed by atoms with Crippen LogP contribution in [-0.4, -0.2) is 25.6 Å². The van der Waals surface area contributed by atoms with Gasteiger partial charge in [0.05, 0.1) is 18.8 Å². The number of hydrogen-bond acceptors (Lipinski definition) is 3. The van der Waals surface area contributed by atoms with E-state index < -0.39 is 0 Å². The van der Waals surface area contributed by atoms with Crippen molar-refractivity contribution in [2.75, 3.05) is 13.4 Å². The minimum atomic E-state index is 0.198. The molecule has 0 unspecified atom stereocenters. The van der Waals surface area contributed by atoms with Crippen LogP contribution in [-0.2, 0) is 20.8 Å². The van der Waals surface area contributed by atoms with Gasteiger partial charge in [0.1, 0.15) is 6.79 Å². The summed E-state index contributed by atoms with van der Waals surface area (Å²) in [6.45, 7) is 3.94. The van der Waals surface area contributed by atoms with Crippen LogP contribution in [0.25, 0.3) is 0 Å². The Balaban J connectivity index is 1.54. The quantitative estimate of drug-likeness (QED) is 0.549. The first-order valence-electron chi connectivity index (χ1n) is 6.69. The first kappa shape index (κ1) is 13.5. The summed E-state index contributed by atoms with van der Waals surface area (Å²) in [5.41, 5.74) is 1.17. The normalized spacial score (nSPS) is 21.1. The number of benzene rings is 1. The molecular formula is C15H22O3. The summed E-state index contributed by atoms with van der Waals surface area (Å²) in [5, 5.41) is 0. The van der Waals surface area contributed by atoms with Crippen molar-refractivity contribution < 1.29 is 14.2 Å². The fourth-order valence-corrected chi connectivity index (χ4v) is 2.17. The second kappa shape index (κ2) is 7.52. The van der Waals surface area contributed by atoms with Crippen LogP contribution in [0.2, 0.25) is 0 Å². The summed E-state index contributed by atoms with van der Waals surface area (Å²) >= 11 is 0. The van der Waals surface area contributed by atoms with E-state index >= 15 is 0 Å². The van der Waals surface area contributed by atoms with Crippen molar-refractivity contribution in [3.63, 3.8) is 0 Å². The fraction of sp³-hybridized carbons (Fsp3) is 0.600. The van der Waals surface area contributed by atoms with E-state index in [1.54, 1.807) is 0 Å². The molecule has 1 heterocycles. The zero-order valence-electron chi connectivity index (χ0n) is 11.0. The van der Waals surface area contributed by atoms with Gasteiger partial charge < -0.3 is 14.2 Å². The first-order chi connectivity index (χ1) is 8.84. The lowest BCUT2D eigenvalue weighted by atomic mass is 10.1. The van der Waals surface area contributed by atoms with Crippen molar-refractivity contribution in [2.24, 2.45) is 0 Å². The van der Waals surface area contributed by atoms with E-state index in [4.69, 9.17) is 14.2 Å². The molecule has 1 aromatic carbocycles. The van der Waals surface area contributed by atoms with E-state index in [0.29, 0.717) is 19.5 Å². The molecule has 0 aliphatic carbocycles. The van der Waals surface area contributed by atoms with Crippen LogP contribution in [0.5, 0.6) is 0 Å². The summed E-state index contributed by atoms with van der Waals surface area (Å²) in [4.78, 5) is 0. The van der Waals surface area contributed by atoms with Gasteiger partial charge in [0, 0.05) is 6.61 Å². The van der Waals surface area contributed by atoms with Gasteiger partial charge in [0.2, 0.25) is 0 Å². The maximum Gasteiger partial charge on any atom is 0.147 e. The molecule has 1 fully saturated rings. The van der Waals surface area contributed by atoms with E-state index in [1.807, 2.05) is 18.2 Å². The predicted octanol–water partition coefficient (Wildman–Crippen LogP) is 3.13. The standard InChI is InChI=1S/C15H22O3/c1-13(10-15-8-5-9-17-15)18-12-16-11-14-6-3-2-4-7-14/h2-4,6-7,13,15H,5,8-12H2,1H3/t13-,15-/m0/s1. The molecule has 2 rings (SSSR count). The van der Waals surface area contributed by atoms with Crippen LogP contribution in [0, 0.1) is 0 Å². The van der Waals surface area contributed by atoms with Crippen molar-refractivity contribution >= 4 is 0 Å². The van der Waals surface area contributed by atoms with Crippen molar-refractivity contribution in [1.82, 2.24) is 0 Å². The molecule has 0 N–H and O–H groups in total. The Morgan fingerprint density at radius 3 is 2.89 bits per heavy atom. The van der Waals surface area contributed by atoms with E-state index in [2.05, 4.69) is 19.1 Å². The Morgan fingerprint density at radius 1 is 1.33 bits per heavy atom. The molecule has 3 heteroatoms. The van der Waals surface area contributed by atoms with Crippen LogP contribution in [0.1, 0.15) is 31.7 Å². The van der Waals surface area contributed by atoms with Gasteiger partial charge in [-0.25, -0.2) is 0 Å². The third-order valence-electron chi connectivity index (χ3n) is 3.17. The smallest absolute Gasteiger partial charge is 0.147 e. The summed E-state index contributed by atoms with van der Waals surface area (Å²) < 4.78 is 16.7. The largest absolute Gasteiger partial charge is 0.378 e. The molecular weight excluding hydrogens is 228 g/mol. The molecule has 18 heavy (non-hydrogen) atoms. The molecule has 1 aliphatic rings. The number of hydrogen-bond donors (Lipinski definition) is 0. The lowest BCUT2D eigenvalue weighted by molar-refractivity contribution is -0.101. The third kappa shape index (κ3) is 4.77. The first-order valence-corrected chi connectivity index (χ1v) is 6.69. The molecule has 1 aromatic rings. The molecule has 1 aliphatic heterocycles. The highest BCUT2D eigenvalue weighted by Crippen LogP contribution is 2.18. The summed E-state index contributed by atoms with van der Waals surface area (Å²) in [6.07, 6.45) is 3.90. The number of rotatable bonds is 7. The fourth-order valence-electron chi connectivity index (χ4n) is 2.17. The van der Waals surface area contributed by atoms with E-state index in [1.165, 1.54) is 18.4 Å². The van der Waals surface area contributed by atoms with Crippen molar-refractivity contribution in [2.45, 2.75) is 45.0 Å². The Kier molecular flexibility index (Phi) is 5.65. The Bertz CT molecular complexity index is 320. The SMILES string of the molecule is C[C@@H](C[C@@H]1CCCO1)OCOCc1ccccc1. The van der Waals surface area contributed by atoms with Crippen LogP contribution in [0.15, 0.2) is 30.3 Å². The average Bonchev–Trinajstić information content (AvgIpc) is 2.89. The molecule has 3 nitrogen and oxygen atoms in total. The monoisotopic (exact) mass is 250 g/mol. The molecule has 0 bridgehead atoms. The molecule has 2 atom stereocenters. The zero-order valence-corrected chi connectivity index (χ0v) is 11.0. The highest BCUT2D eigenvalue weighted by molar-refractivity contribution is 5.13. The van der Waals surface area contributed by atoms with E-state index in [-0.39, 0.29) is 6.10 Å². The van der Waals surface area contributed by atoms with Gasteiger partial charge in [0.25, 0.3) is 0 Å². The molecule has 0 radical (unpaired) electrons. The van der Waals surface area contributed by atoms with Crippen LogP contribution >= 0.6 is 0 Å². The van der Waals surface area contributed by atoms with Gasteiger partial charge in [0.15, 0.2) is 0 Å².